The summed E-state index contributed by atoms with van der Waals surface area (Å²) in [5.74, 6) is 0.231. The van der Waals surface area contributed by atoms with E-state index in [1.54, 1.807) is 0 Å². The van der Waals surface area contributed by atoms with E-state index >= 15 is 0 Å². The van der Waals surface area contributed by atoms with Gasteiger partial charge in [-0.05, 0) is 18.8 Å². The van der Waals surface area contributed by atoms with Crippen molar-refractivity contribution < 1.29 is 10.2 Å². The predicted molar refractivity (Wildman–Crippen MR) is 33.8 cm³/mol. The maximum Gasteiger partial charge on any atom is 0.0694 e. The van der Waals surface area contributed by atoms with E-state index in [0.717, 1.165) is 6.42 Å². The fourth-order valence-corrected chi connectivity index (χ4v) is 1.30. The first-order chi connectivity index (χ1) is 4.24. The average Bonchev–Trinajstić information content (AvgIpc) is 2.13. The molecule has 0 spiro atoms. The number of hydrogen-bond donors (Lipinski definition) is 3. The van der Waals surface area contributed by atoms with Gasteiger partial charge in [0.2, 0.25) is 0 Å². The first-order valence-electron chi connectivity index (χ1n) is 3.28. The largest absolute Gasteiger partial charge is 0.396 e. The summed E-state index contributed by atoms with van der Waals surface area (Å²) in [5.41, 5.74) is 5.48. The number of rotatable bonds is 1. The van der Waals surface area contributed by atoms with Crippen LogP contribution in [-0.2, 0) is 0 Å². The van der Waals surface area contributed by atoms with Crippen LogP contribution in [0.5, 0.6) is 0 Å². The maximum atomic E-state index is 9.06. The average molecular weight is 131 g/mol. The van der Waals surface area contributed by atoms with Crippen molar-refractivity contribution in [3.8, 4) is 0 Å². The Balaban J connectivity index is 2.35. The van der Waals surface area contributed by atoms with Crippen LogP contribution < -0.4 is 5.73 Å². The number of hydrogen-bond acceptors (Lipinski definition) is 3. The van der Waals surface area contributed by atoms with Crippen molar-refractivity contribution in [3.05, 3.63) is 0 Å². The van der Waals surface area contributed by atoms with Crippen molar-refractivity contribution in [1.29, 1.82) is 0 Å². The first kappa shape index (κ1) is 6.99. The van der Waals surface area contributed by atoms with E-state index in [4.69, 9.17) is 15.9 Å². The Hall–Kier alpha value is -0.120. The Morgan fingerprint density at radius 3 is 2.33 bits per heavy atom. The van der Waals surface area contributed by atoms with Gasteiger partial charge >= 0.3 is 0 Å². The summed E-state index contributed by atoms with van der Waals surface area (Å²) >= 11 is 0. The molecular formula is C6H13NO2. The molecule has 0 radical (unpaired) electrons. The van der Waals surface area contributed by atoms with E-state index in [2.05, 4.69) is 0 Å². The molecule has 3 atom stereocenters. The molecule has 1 fully saturated rings. The smallest absolute Gasteiger partial charge is 0.0694 e. The normalized spacial score (nSPS) is 43.7. The molecule has 4 N–H and O–H groups in total. The van der Waals surface area contributed by atoms with Gasteiger partial charge < -0.3 is 15.9 Å². The SMILES string of the molecule is N[C@@H]1C[C@H](CO)C[C@H]1O. The van der Waals surface area contributed by atoms with Gasteiger partial charge in [0, 0.05) is 12.6 Å². The Labute approximate surface area is 54.5 Å². The van der Waals surface area contributed by atoms with Crippen LogP contribution in [0.3, 0.4) is 0 Å². The van der Waals surface area contributed by atoms with Gasteiger partial charge in [-0.15, -0.1) is 0 Å². The highest BCUT2D eigenvalue weighted by molar-refractivity contribution is 4.85. The van der Waals surface area contributed by atoms with Crippen molar-refractivity contribution in [2.75, 3.05) is 6.61 Å². The molecule has 1 aliphatic carbocycles. The van der Waals surface area contributed by atoms with Gasteiger partial charge in [0.15, 0.2) is 0 Å². The van der Waals surface area contributed by atoms with Gasteiger partial charge in [0.05, 0.1) is 6.10 Å². The van der Waals surface area contributed by atoms with Gasteiger partial charge in [-0.2, -0.15) is 0 Å². The molecule has 0 amide bonds. The van der Waals surface area contributed by atoms with Crippen molar-refractivity contribution in [1.82, 2.24) is 0 Å². The van der Waals surface area contributed by atoms with Gasteiger partial charge in [-0.3, -0.25) is 0 Å². The van der Waals surface area contributed by atoms with Crippen LogP contribution in [0.25, 0.3) is 0 Å². The van der Waals surface area contributed by atoms with Crippen LogP contribution in [0.15, 0.2) is 0 Å². The molecule has 0 aromatic carbocycles. The highest BCUT2D eigenvalue weighted by atomic mass is 16.3. The van der Waals surface area contributed by atoms with E-state index in [1.807, 2.05) is 0 Å². The second-order valence-electron chi connectivity index (χ2n) is 2.75. The molecule has 0 aromatic heterocycles. The summed E-state index contributed by atoms with van der Waals surface area (Å²) in [5, 5.41) is 17.7. The summed E-state index contributed by atoms with van der Waals surface area (Å²) in [4.78, 5) is 0. The molecule has 0 unspecified atom stereocenters. The minimum absolute atomic E-state index is 0.109. The van der Waals surface area contributed by atoms with Crippen molar-refractivity contribution in [3.63, 3.8) is 0 Å². The quantitative estimate of drug-likeness (QED) is 0.431. The maximum absolute atomic E-state index is 9.06. The lowest BCUT2D eigenvalue weighted by molar-refractivity contribution is 0.153. The number of aliphatic hydroxyl groups excluding tert-OH is 2. The summed E-state index contributed by atoms with van der Waals surface area (Å²) in [7, 11) is 0. The van der Waals surface area contributed by atoms with Gasteiger partial charge in [-0.1, -0.05) is 0 Å². The predicted octanol–water partition coefficient (Wildman–Crippen LogP) is -0.923. The molecule has 1 rings (SSSR count). The van der Waals surface area contributed by atoms with Gasteiger partial charge in [-0.25, -0.2) is 0 Å². The van der Waals surface area contributed by atoms with Crippen molar-refractivity contribution in [2.24, 2.45) is 11.7 Å². The molecule has 1 aliphatic rings. The van der Waals surface area contributed by atoms with E-state index < -0.39 is 0 Å². The minimum Gasteiger partial charge on any atom is -0.396 e. The lowest BCUT2D eigenvalue weighted by atomic mass is 10.1. The fraction of sp³-hybridized carbons (Fsp3) is 1.00. The zero-order chi connectivity index (χ0) is 6.85. The van der Waals surface area contributed by atoms with Crippen LogP contribution in [0.4, 0.5) is 0 Å². The van der Waals surface area contributed by atoms with E-state index in [9.17, 15) is 0 Å². The third-order valence-corrected chi connectivity index (χ3v) is 1.93. The van der Waals surface area contributed by atoms with Crippen molar-refractivity contribution >= 4 is 0 Å². The molecule has 1 saturated carbocycles. The summed E-state index contributed by atoms with van der Waals surface area (Å²) in [6.07, 6.45) is 1.04. The van der Waals surface area contributed by atoms with Crippen LogP contribution in [0.1, 0.15) is 12.8 Å². The molecule has 3 nitrogen and oxygen atoms in total. The van der Waals surface area contributed by atoms with E-state index in [0.29, 0.717) is 6.42 Å². The second-order valence-corrected chi connectivity index (χ2v) is 2.75. The van der Waals surface area contributed by atoms with Crippen molar-refractivity contribution in [2.45, 2.75) is 25.0 Å². The Kier molecular flexibility index (Phi) is 2.05. The van der Waals surface area contributed by atoms with E-state index in [-0.39, 0.29) is 24.7 Å². The van der Waals surface area contributed by atoms with E-state index in [1.165, 1.54) is 0 Å². The minimum atomic E-state index is -0.387. The highest BCUT2D eigenvalue weighted by Crippen LogP contribution is 2.23. The Morgan fingerprint density at radius 2 is 2.11 bits per heavy atom. The van der Waals surface area contributed by atoms with Gasteiger partial charge in [0.25, 0.3) is 0 Å². The molecule has 0 aliphatic heterocycles. The number of nitrogens with two attached hydrogens (primary N) is 1. The summed E-state index contributed by atoms with van der Waals surface area (Å²) in [6.45, 7) is 0.158. The van der Waals surface area contributed by atoms with Crippen LogP contribution >= 0.6 is 0 Å². The topological polar surface area (TPSA) is 66.5 Å². The van der Waals surface area contributed by atoms with Crippen LogP contribution in [0, 0.1) is 5.92 Å². The summed E-state index contributed by atoms with van der Waals surface area (Å²) in [6, 6.07) is -0.109. The summed E-state index contributed by atoms with van der Waals surface area (Å²) < 4.78 is 0. The standard InChI is InChI=1S/C6H13NO2/c7-5-1-4(3-8)2-6(5)9/h4-6,8-9H,1-3,7H2/t4-,5+,6+/m0/s1. The zero-order valence-electron chi connectivity index (χ0n) is 5.33. The monoisotopic (exact) mass is 131 g/mol. The molecule has 0 bridgehead atoms. The Bertz CT molecular complexity index is 87.1. The zero-order valence-corrected chi connectivity index (χ0v) is 5.33. The molecule has 9 heavy (non-hydrogen) atoms. The third-order valence-electron chi connectivity index (χ3n) is 1.93. The molecule has 0 saturated heterocycles. The second kappa shape index (κ2) is 2.64. The number of aliphatic hydroxyl groups is 2. The molecule has 0 heterocycles. The molecule has 0 aromatic rings. The molecular weight excluding hydrogens is 118 g/mol. The lowest BCUT2D eigenvalue weighted by Gasteiger charge is -2.04. The highest BCUT2D eigenvalue weighted by Gasteiger charge is 2.29. The van der Waals surface area contributed by atoms with Gasteiger partial charge in [0.1, 0.15) is 0 Å². The Morgan fingerprint density at radius 1 is 1.44 bits per heavy atom. The molecule has 3 heteroatoms. The third kappa shape index (κ3) is 1.41. The van der Waals surface area contributed by atoms with Crippen LogP contribution in [-0.4, -0.2) is 29.0 Å². The van der Waals surface area contributed by atoms with Crippen LogP contribution in [0.2, 0.25) is 0 Å². The molecule has 54 valence electrons. The first-order valence-corrected chi connectivity index (χ1v) is 3.28. The fourth-order valence-electron chi connectivity index (χ4n) is 1.30. The lowest BCUT2D eigenvalue weighted by Crippen LogP contribution is -2.28.